The molecule has 0 spiro atoms. The van der Waals surface area contributed by atoms with Crippen LogP contribution in [0, 0.1) is 0 Å². The topological polar surface area (TPSA) is 68.7 Å². The minimum Gasteiger partial charge on any atom is -0.506 e. The molecule has 0 fully saturated rings. The van der Waals surface area contributed by atoms with Gasteiger partial charge < -0.3 is 14.6 Å². The van der Waals surface area contributed by atoms with Crippen LogP contribution in [0.5, 0.6) is 11.6 Å². The van der Waals surface area contributed by atoms with E-state index in [1.165, 1.54) is 0 Å². The molecular weight excluding hydrogens is 335 g/mol. The Hall–Kier alpha value is -1.51. The van der Waals surface area contributed by atoms with Gasteiger partial charge in [0.05, 0.1) is 19.7 Å². The lowest BCUT2D eigenvalue weighted by atomic mass is 10.1. The van der Waals surface area contributed by atoms with Gasteiger partial charge in [-0.05, 0) is 0 Å². The van der Waals surface area contributed by atoms with Crippen LogP contribution >= 0.6 is 15.9 Å². The number of nitrogens with zero attached hydrogens (tertiary/aromatic N) is 1. The molecule has 0 bridgehead atoms. The summed E-state index contributed by atoms with van der Waals surface area (Å²) in [6, 6.07) is 0. The van der Waals surface area contributed by atoms with E-state index in [-0.39, 0.29) is 22.2 Å². The Balaban J connectivity index is 3.25. The van der Waals surface area contributed by atoms with Gasteiger partial charge in [-0.1, -0.05) is 15.9 Å². The zero-order valence-corrected chi connectivity index (χ0v) is 11.2. The molecular formula is C10H9BrF3NO4. The molecule has 0 radical (unpaired) electrons. The van der Waals surface area contributed by atoms with Crippen LogP contribution in [-0.2, 0) is 21.3 Å². The zero-order chi connectivity index (χ0) is 14.6. The van der Waals surface area contributed by atoms with Crippen LogP contribution in [0.15, 0.2) is 6.20 Å². The van der Waals surface area contributed by atoms with Crippen molar-refractivity contribution in [2.24, 2.45) is 0 Å². The SMILES string of the molecule is COC(=O)Cc1c(OC(F)(F)F)ncc(O)c1CBr. The third kappa shape index (κ3) is 4.27. The predicted molar refractivity (Wildman–Crippen MR) is 60.9 cm³/mol. The average molecular weight is 344 g/mol. The van der Waals surface area contributed by atoms with E-state index in [1.54, 1.807) is 0 Å². The van der Waals surface area contributed by atoms with Gasteiger partial charge in [-0.3, -0.25) is 4.79 Å². The Morgan fingerprint density at radius 3 is 2.58 bits per heavy atom. The van der Waals surface area contributed by atoms with E-state index in [2.05, 4.69) is 30.4 Å². The van der Waals surface area contributed by atoms with Gasteiger partial charge in [-0.2, -0.15) is 0 Å². The molecule has 0 aromatic carbocycles. The monoisotopic (exact) mass is 343 g/mol. The summed E-state index contributed by atoms with van der Waals surface area (Å²) in [5.41, 5.74) is -0.0966. The maximum atomic E-state index is 12.2. The van der Waals surface area contributed by atoms with E-state index in [0.29, 0.717) is 0 Å². The van der Waals surface area contributed by atoms with Crippen LogP contribution in [-0.4, -0.2) is 29.5 Å². The maximum Gasteiger partial charge on any atom is 0.574 e. The van der Waals surface area contributed by atoms with Crippen LogP contribution in [0.4, 0.5) is 13.2 Å². The normalized spacial score (nSPS) is 11.2. The molecule has 0 saturated carbocycles. The second kappa shape index (κ2) is 6.09. The second-order valence-corrected chi connectivity index (χ2v) is 3.90. The lowest BCUT2D eigenvalue weighted by Gasteiger charge is -2.15. The number of carbonyl (C=O) groups is 1. The summed E-state index contributed by atoms with van der Waals surface area (Å²) in [5.74, 6) is -1.91. The first kappa shape index (κ1) is 15.5. The fourth-order valence-corrected chi connectivity index (χ4v) is 1.93. The lowest BCUT2D eigenvalue weighted by molar-refractivity contribution is -0.276. The van der Waals surface area contributed by atoms with Gasteiger partial charge in [0, 0.05) is 16.5 Å². The number of hydrogen-bond donors (Lipinski definition) is 1. The molecule has 0 aliphatic heterocycles. The van der Waals surface area contributed by atoms with Crippen molar-refractivity contribution in [2.45, 2.75) is 18.1 Å². The fraction of sp³-hybridized carbons (Fsp3) is 0.400. The van der Waals surface area contributed by atoms with E-state index in [4.69, 9.17) is 0 Å². The van der Waals surface area contributed by atoms with Crippen molar-refractivity contribution in [3.05, 3.63) is 17.3 Å². The number of hydrogen-bond acceptors (Lipinski definition) is 5. The van der Waals surface area contributed by atoms with Crippen molar-refractivity contribution in [2.75, 3.05) is 7.11 Å². The van der Waals surface area contributed by atoms with Gasteiger partial charge in [0.2, 0.25) is 5.88 Å². The molecule has 106 valence electrons. The minimum absolute atomic E-state index is 0.0297. The highest BCUT2D eigenvalue weighted by atomic mass is 79.9. The quantitative estimate of drug-likeness (QED) is 0.671. The number of ether oxygens (including phenoxy) is 2. The highest BCUT2D eigenvalue weighted by Gasteiger charge is 2.34. The number of methoxy groups -OCH3 is 1. The molecule has 0 atom stereocenters. The maximum absolute atomic E-state index is 12.2. The molecule has 9 heteroatoms. The largest absolute Gasteiger partial charge is 0.574 e. The number of alkyl halides is 4. The first-order valence-corrected chi connectivity index (χ1v) is 5.99. The molecule has 1 rings (SSSR count). The van der Waals surface area contributed by atoms with Crippen molar-refractivity contribution in [1.29, 1.82) is 0 Å². The van der Waals surface area contributed by atoms with Crippen LogP contribution in [0.2, 0.25) is 0 Å². The highest BCUT2D eigenvalue weighted by Crippen LogP contribution is 2.32. The van der Waals surface area contributed by atoms with Crippen molar-refractivity contribution in [1.82, 2.24) is 4.98 Å². The van der Waals surface area contributed by atoms with Crippen LogP contribution < -0.4 is 4.74 Å². The molecule has 0 aliphatic carbocycles. The number of halogens is 4. The van der Waals surface area contributed by atoms with E-state index in [9.17, 15) is 23.1 Å². The van der Waals surface area contributed by atoms with Crippen molar-refractivity contribution < 1.29 is 32.5 Å². The Morgan fingerprint density at radius 1 is 1.47 bits per heavy atom. The van der Waals surface area contributed by atoms with Gasteiger partial charge in [0.1, 0.15) is 5.75 Å². The van der Waals surface area contributed by atoms with E-state index in [0.717, 1.165) is 13.3 Å². The molecule has 1 aromatic rings. The van der Waals surface area contributed by atoms with Crippen LogP contribution in [0.25, 0.3) is 0 Å². The third-order valence-corrected chi connectivity index (χ3v) is 2.69. The molecule has 19 heavy (non-hydrogen) atoms. The minimum atomic E-state index is -4.95. The van der Waals surface area contributed by atoms with E-state index < -0.39 is 24.6 Å². The number of esters is 1. The average Bonchev–Trinajstić information content (AvgIpc) is 2.31. The van der Waals surface area contributed by atoms with Gasteiger partial charge in [-0.25, -0.2) is 4.98 Å². The van der Waals surface area contributed by atoms with Gasteiger partial charge in [0.15, 0.2) is 0 Å². The van der Waals surface area contributed by atoms with Gasteiger partial charge >= 0.3 is 12.3 Å². The highest BCUT2D eigenvalue weighted by molar-refractivity contribution is 9.08. The summed E-state index contributed by atoms with van der Waals surface area (Å²) in [5, 5.41) is 9.55. The number of aromatic hydroxyl groups is 1. The Kier molecular flexibility index (Phi) is 4.98. The van der Waals surface area contributed by atoms with Crippen molar-refractivity contribution in [3.63, 3.8) is 0 Å². The Labute approximate surface area is 114 Å². The van der Waals surface area contributed by atoms with Crippen molar-refractivity contribution >= 4 is 21.9 Å². The second-order valence-electron chi connectivity index (χ2n) is 3.34. The molecule has 1 heterocycles. The van der Waals surface area contributed by atoms with Crippen LogP contribution in [0.3, 0.4) is 0 Å². The third-order valence-electron chi connectivity index (χ3n) is 2.13. The van der Waals surface area contributed by atoms with Crippen molar-refractivity contribution in [3.8, 4) is 11.6 Å². The number of rotatable bonds is 4. The molecule has 0 saturated heterocycles. The predicted octanol–water partition coefficient (Wildman–Crippen LogP) is 2.30. The van der Waals surface area contributed by atoms with Gasteiger partial charge in [-0.15, -0.1) is 13.2 Å². The Bertz CT molecular complexity index is 479. The summed E-state index contributed by atoms with van der Waals surface area (Å²) in [6.07, 6.45) is -4.62. The molecule has 0 aliphatic rings. The molecule has 1 aromatic heterocycles. The summed E-state index contributed by atoms with van der Waals surface area (Å²) < 4.78 is 44.8. The first-order valence-electron chi connectivity index (χ1n) is 4.86. The molecule has 5 nitrogen and oxygen atoms in total. The summed E-state index contributed by atoms with van der Waals surface area (Å²) >= 11 is 3.01. The number of pyridine rings is 1. The van der Waals surface area contributed by atoms with Crippen LogP contribution in [0.1, 0.15) is 11.1 Å². The first-order chi connectivity index (χ1) is 8.78. The fourth-order valence-electron chi connectivity index (χ4n) is 1.30. The molecule has 0 amide bonds. The number of aromatic nitrogens is 1. The number of carbonyl (C=O) groups excluding carboxylic acids is 1. The lowest BCUT2D eigenvalue weighted by Crippen LogP contribution is -2.20. The Morgan fingerprint density at radius 2 is 2.11 bits per heavy atom. The molecule has 1 N–H and O–H groups in total. The van der Waals surface area contributed by atoms with E-state index >= 15 is 0 Å². The summed E-state index contributed by atoms with van der Waals surface area (Å²) in [6.45, 7) is 0. The standard InChI is InChI=1S/C10H9BrF3NO4/c1-18-8(17)2-5-6(3-11)7(16)4-15-9(5)19-10(12,13)14/h4,16H,2-3H2,1H3. The zero-order valence-electron chi connectivity index (χ0n) is 9.62. The summed E-state index contributed by atoms with van der Waals surface area (Å²) in [4.78, 5) is 14.5. The summed E-state index contributed by atoms with van der Waals surface area (Å²) in [7, 11) is 1.09. The van der Waals surface area contributed by atoms with Gasteiger partial charge in [0.25, 0.3) is 0 Å². The van der Waals surface area contributed by atoms with E-state index in [1.807, 2.05) is 0 Å². The smallest absolute Gasteiger partial charge is 0.506 e. The molecule has 0 unspecified atom stereocenters.